The van der Waals surface area contributed by atoms with E-state index in [-0.39, 0.29) is 0 Å². The van der Waals surface area contributed by atoms with Crippen molar-refractivity contribution in [1.29, 1.82) is 0 Å². The Kier molecular flexibility index (Phi) is 6.23. The number of benzene rings is 12. The minimum atomic E-state index is 0.904. The van der Waals surface area contributed by atoms with Gasteiger partial charge in [0.25, 0.3) is 0 Å². The van der Waals surface area contributed by atoms with Crippen molar-refractivity contribution in [3.05, 3.63) is 194 Å². The standard InChI is InChI=1S/C56H32O/c1-3-13-35-29-37(25-23-33(35)11-1)49-31-38-15-9-21-47-53(38)54-45(49)20-10-22-48(54)56-55(47)46-28-27-40(32-50(46)57-56)52-43-18-7-5-16-41(43)51(42-17-6-8-19-44(42)52)39-26-24-34-12-2-4-14-36(34)30-39/h1-32H. The summed E-state index contributed by atoms with van der Waals surface area (Å²) in [5, 5.41) is 19.7. The van der Waals surface area contributed by atoms with E-state index in [0.29, 0.717) is 0 Å². The highest BCUT2D eigenvalue weighted by atomic mass is 16.3. The Labute approximate surface area is 328 Å². The van der Waals surface area contributed by atoms with Crippen LogP contribution in [-0.2, 0) is 0 Å². The molecule has 0 saturated heterocycles. The first kappa shape index (κ1) is 30.8. The highest BCUT2D eigenvalue weighted by Crippen LogP contribution is 2.49. The molecule has 1 nitrogen and oxygen atoms in total. The van der Waals surface area contributed by atoms with Gasteiger partial charge in [0.05, 0.1) is 0 Å². The van der Waals surface area contributed by atoms with Crippen molar-refractivity contribution in [2.45, 2.75) is 0 Å². The molecular formula is C56H32O. The highest BCUT2D eigenvalue weighted by Gasteiger charge is 2.22. The van der Waals surface area contributed by atoms with E-state index < -0.39 is 0 Å². The summed E-state index contributed by atoms with van der Waals surface area (Å²) in [7, 11) is 0. The van der Waals surface area contributed by atoms with E-state index in [9.17, 15) is 0 Å². The zero-order valence-electron chi connectivity index (χ0n) is 30.9. The molecule has 1 heterocycles. The SMILES string of the molecule is c1ccc2cc(-c3c4ccccc4c(-c4ccc5c(c4)oc4c6cccc7c(-c8ccc9ccccc9c8)cc8cccc(c54)c8c76)c4ccccc34)ccc2c1. The van der Waals surface area contributed by atoms with Gasteiger partial charge in [0.2, 0.25) is 0 Å². The van der Waals surface area contributed by atoms with Crippen LogP contribution in [0.5, 0.6) is 0 Å². The Morgan fingerprint density at radius 3 is 1.44 bits per heavy atom. The molecule has 0 unspecified atom stereocenters. The average Bonchev–Trinajstić information content (AvgIpc) is 3.66. The van der Waals surface area contributed by atoms with Gasteiger partial charge in [-0.2, -0.15) is 0 Å². The number of hydrogen-bond acceptors (Lipinski definition) is 1. The van der Waals surface area contributed by atoms with Crippen molar-refractivity contribution < 1.29 is 4.42 Å². The van der Waals surface area contributed by atoms with Gasteiger partial charge >= 0.3 is 0 Å². The molecule has 0 radical (unpaired) electrons. The summed E-state index contributed by atoms with van der Waals surface area (Å²) >= 11 is 0. The summed E-state index contributed by atoms with van der Waals surface area (Å²) in [6, 6.07) is 71.5. The highest BCUT2D eigenvalue weighted by molar-refractivity contribution is 6.38. The Hall–Kier alpha value is -7.48. The van der Waals surface area contributed by atoms with Gasteiger partial charge in [-0.15, -0.1) is 0 Å². The van der Waals surface area contributed by atoms with Gasteiger partial charge in [-0.3, -0.25) is 0 Å². The van der Waals surface area contributed by atoms with Gasteiger partial charge in [-0.25, -0.2) is 0 Å². The van der Waals surface area contributed by atoms with Crippen LogP contribution >= 0.6 is 0 Å². The first-order valence-corrected chi connectivity index (χ1v) is 19.7. The molecule has 57 heavy (non-hydrogen) atoms. The Balaban J connectivity index is 1.07. The molecular weight excluding hydrogens is 689 g/mol. The second kappa shape index (κ2) is 11.5. The molecule has 0 atom stereocenters. The number of fused-ring (bicyclic) bond motifs is 9. The summed E-state index contributed by atoms with van der Waals surface area (Å²) in [6.07, 6.45) is 0. The van der Waals surface area contributed by atoms with Crippen molar-refractivity contribution in [1.82, 2.24) is 0 Å². The Morgan fingerprint density at radius 2 is 0.754 bits per heavy atom. The maximum Gasteiger partial charge on any atom is 0.143 e. The van der Waals surface area contributed by atoms with Crippen molar-refractivity contribution in [2.24, 2.45) is 0 Å². The summed E-state index contributed by atoms with van der Waals surface area (Å²) in [5.74, 6) is 0. The van der Waals surface area contributed by atoms with Crippen molar-refractivity contribution in [3.8, 4) is 33.4 Å². The number of hydrogen-bond donors (Lipinski definition) is 0. The largest absolute Gasteiger partial charge is 0.455 e. The van der Waals surface area contributed by atoms with E-state index in [0.717, 1.165) is 27.5 Å². The van der Waals surface area contributed by atoms with E-state index in [1.165, 1.54) is 103 Å². The van der Waals surface area contributed by atoms with E-state index >= 15 is 0 Å². The normalized spacial score (nSPS) is 12.2. The zero-order chi connectivity index (χ0) is 37.2. The lowest BCUT2D eigenvalue weighted by atomic mass is 9.85. The first-order chi connectivity index (χ1) is 28.3. The third kappa shape index (κ3) is 4.34. The average molecular weight is 721 g/mol. The van der Waals surface area contributed by atoms with Gasteiger partial charge in [0.1, 0.15) is 11.2 Å². The number of rotatable bonds is 3. The quantitative estimate of drug-likeness (QED) is 0.131. The van der Waals surface area contributed by atoms with Gasteiger partial charge < -0.3 is 4.42 Å². The lowest BCUT2D eigenvalue weighted by Crippen LogP contribution is -1.91. The van der Waals surface area contributed by atoms with Gasteiger partial charge in [-0.05, 0) is 128 Å². The van der Waals surface area contributed by atoms with Gasteiger partial charge in [0, 0.05) is 21.5 Å². The summed E-state index contributed by atoms with van der Waals surface area (Å²) < 4.78 is 7.09. The summed E-state index contributed by atoms with van der Waals surface area (Å²) in [6.45, 7) is 0. The summed E-state index contributed by atoms with van der Waals surface area (Å²) in [4.78, 5) is 0. The topological polar surface area (TPSA) is 13.1 Å². The van der Waals surface area contributed by atoms with Gasteiger partial charge in [0.15, 0.2) is 0 Å². The second-order valence-corrected chi connectivity index (χ2v) is 15.5. The molecule has 1 heteroatoms. The molecule has 0 amide bonds. The maximum absolute atomic E-state index is 7.09. The van der Waals surface area contributed by atoms with Crippen LogP contribution in [-0.4, -0.2) is 0 Å². The van der Waals surface area contributed by atoms with Crippen molar-refractivity contribution in [3.63, 3.8) is 0 Å². The lowest BCUT2D eigenvalue weighted by Gasteiger charge is -2.18. The second-order valence-electron chi connectivity index (χ2n) is 15.5. The molecule has 0 aliphatic carbocycles. The molecule has 12 aromatic carbocycles. The van der Waals surface area contributed by atoms with Crippen LogP contribution in [0.15, 0.2) is 199 Å². The van der Waals surface area contributed by atoms with Crippen molar-refractivity contribution >= 4 is 97.3 Å². The van der Waals surface area contributed by atoms with Crippen LogP contribution in [0.25, 0.3) is 131 Å². The predicted octanol–water partition coefficient (Wildman–Crippen LogP) is 16.1. The van der Waals surface area contributed by atoms with E-state index in [1.807, 2.05) is 0 Å². The Morgan fingerprint density at radius 1 is 0.263 bits per heavy atom. The fourth-order valence-electron chi connectivity index (χ4n) is 10.0. The monoisotopic (exact) mass is 720 g/mol. The molecule has 0 bridgehead atoms. The molecule has 262 valence electrons. The molecule has 0 fully saturated rings. The van der Waals surface area contributed by atoms with E-state index in [2.05, 4.69) is 194 Å². The van der Waals surface area contributed by atoms with Crippen LogP contribution in [0.4, 0.5) is 0 Å². The molecule has 0 saturated carbocycles. The fraction of sp³-hybridized carbons (Fsp3) is 0. The zero-order valence-corrected chi connectivity index (χ0v) is 30.9. The van der Waals surface area contributed by atoms with E-state index in [4.69, 9.17) is 4.42 Å². The number of furan rings is 1. The van der Waals surface area contributed by atoms with E-state index in [1.54, 1.807) is 0 Å². The van der Waals surface area contributed by atoms with Crippen LogP contribution in [0.1, 0.15) is 0 Å². The molecule has 1 aromatic heterocycles. The molecule has 13 aromatic rings. The first-order valence-electron chi connectivity index (χ1n) is 19.7. The minimum absolute atomic E-state index is 0.904. The van der Waals surface area contributed by atoms with Gasteiger partial charge in [-0.1, -0.05) is 164 Å². The third-order valence-electron chi connectivity index (χ3n) is 12.5. The Bertz CT molecular complexity index is 3750. The van der Waals surface area contributed by atoms with Crippen molar-refractivity contribution in [2.75, 3.05) is 0 Å². The lowest BCUT2D eigenvalue weighted by molar-refractivity contribution is 0.673. The smallest absolute Gasteiger partial charge is 0.143 e. The molecule has 13 rings (SSSR count). The molecule has 0 aliphatic heterocycles. The third-order valence-corrected chi connectivity index (χ3v) is 12.5. The summed E-state index contributed by atoms with van der Waals surface area (Å²) in [5.41, 5.74) is 9.21. The van der Waals surface area contributed by atoms with Crippen LogP contribution in [0, 0.1) is 0 Å². The minimum Gasteiger partial charge on any atom is -0.455 e. The molecule has 0 aliphatic rings. The van der Waals surface area contributed by atoms with Crippen LogP contribution < -0.4 is 0 Å². The molecule has 0 N–H and O–H groups in total. The maximum atomic E-state index is 7.09. The molecule has 0 spiro atoms. The predicted molar refractivity (Wildman–Crippen MR) is 244 cm³/mol. The van der Waals surface area contributed by atoms with Crippen LogP contribution in [0.2, 0.25) is 0 Å². The fourth-order valence-corrected chi connectivity index (χ4v) is 10.0. The van der Waals surface area contributed by atoms with Crippen LogP contribution in [0.3, 0.4) is 0 Å².